The number of hydrogen-bond donors (Lipinski definition) is 1. The molecule has 20 heavy (non-hydrogen) atoms. The number of likely N-dealkylation sites (tertiary alicyclic amines) is 1. The fraction of sp³-hybridized carbons (Fsp3) is 0.600. The summed E-state index contributed by atoms with van der Waals surface area (Å²) in [5, 5.41) is 0.618. The number of benzene rings is 1. The number of nitrogens with two attached hydrogens (primary N) is 1. The average Bonchev–Trinajstić information content (AvgIpc) is 2.88. The molecule has 0 radical (unpaired) electrons. The van der Waals surface area contributed by atoms with E-state index in [1.807, 2.05) is 19.9 Å². The normalized spacial score (nSPS) is 28.1. The highest BCUT2D eigenvalue weighted by atomic mass is 35.5. The third-order valence-electron chi connectivity index (χ3n) is 4.09. The van der Waals surface area contributed by atoms with Crippen LogP contribution in [-0.2, 0) is 0 Å². The van der Waals surface area contributed by atoms with E-state index >= 15 is 0 Å². The smallest absolute Gasteiger partial charge is 0.246 e. The molecular weight excluding hydrogens is 276 g/mol. The van der Waals surface area contributed by atoms with Crippen LogP contribution >= 0.6 is 11.6 Å². The molecule has 2 atom stereocenters. The summed E-state index contributed by atoms with van der Waals surface area (Å²) >= 11 is 6.35. The third-order valence-corrected chi connectivity index (χ3v) is 4.37. The van der Waals surface area contributed by atoms with Crippen molar-refractivity contribution in [1.82, 2.24) is 4.90 Å². The van der Waals surface area contributed by atoms with Gasteiger partial charge in [-0.05, 0) is 43.6 Å². The second kappa shape index (κ2) is 4.79. The summed E-state index contributed by atoms with van der Waals surface area (Å²) in [4.78, 5) is 2.33. The number of halogens is 1. The van der Waals surface area contributed by atoms with Gasteiger partial charge in [-0.3, -0.25) is 4.90 Å². The molecule has 0 bridgehead atoms. The molecule has 2 aliphatic heterocycles. The van der Waals surface area contributed by atoms with E-state index in [1.54, 1.807) is 0 Å². The van der Waals surface area contributed by atoms with Gasteiger partial charge < -0.3 is 15.2 Å². The Morgan fingerprint density at radius 3 is 2.80 bits per heavy atom. The van der Waals surface area contributed by atoms with Crippen molar-refractivity contribution in [3.63, 3.8) is 0 Å². The van der Waals surface area contributed by atoms with E-state index in [0.717, 1.165) is 25.3 Å². The zero-order valence-electron chi connectivity index (χ0n) is 12.1. The lowest BCUT2D eigenvalue weighted by atomic mass is 9.99. The molecule has 1 saturated heterocycles. The number of hydrogen-bond acceptors (Lipinski definition) is 4. The molecule has 2 aliphatic rings. The van der Waals surface area contributed by atoms with Gasteiger partial charge in [-0.25, -0.2) is 0 Å². The Bertz CT molecular complexity index is 533. The van der Waals surface area contributed by atoms with E-state index in [4.69, 9.17) is 26.8 Å². The SMILES string of the molecule is CN1CC(CN)CC1c1cc(Cl)c2c(c1)OC(C)(C)O2. The fourth-order valence-corrected chi connectivity index (χ4v) is 3.41. The first-order chi connectivity index (χ1) is 9.39. The summed E-state index contributed by atoms with van der Waals surface area (Å²) < 4.78 is 11.5. The Morgan fingerprint density at radius 1 is 1.40 bits per heavy atom. The Balaban J connectivity index is 1.92. The van der Waals surface area contributed by atoms with E-state index in [2.05, 4.69) is 18.0 Å². The van der Waals surface area contributed by atoms with Gasteiger partial charge >= 0.3 is 0 Å². The van der Waals surface area contributed by atoms with E-state index in [-0.39, 0.29) is 0 Å². The van der Waals surface area contributed by atoms with Gasteiger partial charge in [0.05, 0.1) is 5.02 Å². The largest absolute Gasteiger partial charge is 0.449 e. The van der Waals surface area contributed by atoms with Gasteiger partial charge in [0, 0.05) is 26.4 Å². The molecule has 1 aromatic carbocycles. The predicted octanol–water partition coefficient (Wildman–Crippen LogP) is 2.80. The van der Waals surface area contributed by atoms with Crippen molar-refractivity contribution in [2.45, 2.75) is 32.1 Å². The van der Waals surface area contributed by atoms with Crippen LogP contribution in [0.3, 0.4) is 0 Å². The highest BCUT2D eigenvalue weighted by Crippen LogP contribution is 2.47. The molecule has 5 heteroatoms. The molecule has 1 fully saturated rings. The molecular formula is C15H21ClN2O2. The number of fused-ring (bicyclic) bond motifs is 1. The fourth-order valence-electron chi connectivity index (χ4n) is 3.15. The molecule has 0 spiro atoms. The van der Waals surface area contributed by atoms with Gasteiger partial charge in [-0.2, -0.15) is 0 Å². The van der Waals surface area contributed by atoms with Crippen molar-refractivity contribution >= 4 is 11.6 Å². The molecule has 2 N–H and O–H groups in total. The number of rotatable bonds is 2. The van der Waals surface area contributed by atoms with Crippen LogP contribution in [0.1, 0.15) is 31.9 Å². The summed E-state index contributed by atoms with van der Waals surface area (Å²) in [5.41, 5.74) is 6.97. The van der Waals surface area contributed by atoms with E-state index < -0.39 is 5.79 Å². The first kappa shape index (κ1) is 14.0. The molecule has 0 aliphatic carbocycles. The van der Waals surface area contributed by atoms with Crippen LogP contribution in [0.5, 0.6) is 11.5 Å². The Morgan fingerprint density at radius 2 is 2.15 bits per heavy atom. The Hall–Kier alpha value is -0.970. The highest BCUT2D eigenvalue weighted by molar-refractivity contribution is 6.32. The number of ether oxygens (including phenoxy) is 2. The minimum atomic E-state index is -0.647. The lowest BCUT2D eigenvalue weighted by molar-refractivity contribution is -0.0431. The van der Waals surface area contributed by atoms with E-state index in [1.165, 1.54) is 5.56 Å². The molecule has 2 unspecified atom stereocenters. The topological polar surface area (TPSA) is 47.7 Å². The maximum Gasteiger partial charge on any atom is 0.246 e. The van der Waals surface area contributed by atoms with Crippen LogP contribution in [0.25, 0.3) is 0 Å². The zero-order valence-corrected chi connectivity index (χ0v) is 12.9. The second-order valence-corrected chi connectivity index (χ2v) is 6.63. The van der Waals surface area contributed by atoms with Crippen molar-refractivity contribution in [3.05, 3.63) is 22.7 Å². The number of nitrogens with zero attached hydrogens (tertiary/aromatic N) is 1. The van der Waals surface area contributed by atoms with Gasteiger partial charge in [0.2, 0.25) is 5.79 Å². The molecule has 0 amide bonds. The van der Waals surface area contributed by atoms with Crippen LogP contribution in [0, 0.1) is 5.92 Å². The molecule has 4 nitrogen and oxygen atoms in total. The van der Waals surface area contributed by atoms with Crippen LogP contribution < -0.4 is 15.2 Å². The average molecular weight is 297 g/mol. The monoisotopic (exact) mass is 296 g/mol. The molecule has 0 aromatic heterocycles. The van der Waals surface area contributed by atoms with Crippen molar-refractivity contribution in [1.29, 1.82) is 0 Å². The minimum Gasteiger partial charge on any atom is -0.449 e. The van der Waals surface area contributed by atoms with Gasteiger partial charge in [0.15, 0.2) is 11.5 Å². The van der Waals surface area contributed by atoms with E-state index in [0.29, 0.717) is 22.7 Å². The van der Waals surface area contributed by atoms with E-state index in [9.17, 15) is 0 Å². The lowest BCUT2D eigenvalue weighted by Gasteiger charge is -2.20. The van der Waals surface area contributed by atoms with Gasteiger partial charge in [-0.15, -0.1) is 0 Å². The van der Waals surface area contributed by atoms with Gasteiger partial charge in [-0.1, -0.05) is 11.6 Å². The second-order valence-electron chi connectivity index (χ2n) is 6.23. The zero-order chi connectivity index (χ0) is 14.5. The Labute approximate surface area is 124 Å². The molecule has 2 heterocycles. The van der Waals surface area contributed by atoms with Crippen LogP contribution in [0.2, 0.25) is 5.02 Å². The van der Waals surface area contributed by atoms with Crippen LogP contribution in [0.4, 0.5) is 0 Å². The minimum absolute atomic E-state index is 0.346. The first-order valence-corrected chi connectivity index (χ1v) is 7.39. The van der Waals surface area contributed by atoms with Crippen molar-refractivity contribution in [2.24, 2.45) is 11.7 Å². The van der Waals surface area contributed by atoms with Crippen LogP contribution in [0.15, 0.2) is 12.1 Å². The quantitative estimate of drug-likeness (QED) is 0.912. The maximum absolute atomic E-state index is 6.35. The summed E-state index contributed by atoms with van der Waals surface area (Å²) in [6, 6.07) is 4.39. The van der Waals surface area contributed by atoms with Gasteiger partial charge in [0.1, 0.15) is 0 Å². The van der Waals surface area contributed by atoms with Crippen molar-refractivity contribution in [3.8, 4) is 11.5 Å². The summed E-state index contributed by atoms with van der Waals surface area (Å²) in [6.07, 6.45) is 1.06. The van der Waals surface area contributed by atoms with Crippen molar-refractivity contribution in [2.75, 3.05) is 20.1 Å². The third kappa shape index (κ3) is 2.36. The van der Waals surface area contributed by atoms with Gasteiger partial charge in [0.25, 0.3) is 0 Å². The summed E-state index contributed by atoms with van der Waals surface area (Å²) in [7, 11) is 2.13. The summed E-state index contributed by atoms with van der Waals surface area (Å²) in [6.45, 7) is 5.52. The highest BCUT2D eigenvalue weighted by Gasteiger charge is 2.36. The van der Waals surface area contributed by atoms with Crippen molar-refractivity contribution < 1.29 is 9.47 Å². The molecule has 1 aromatic rings. The summed E-state index contributed by atoms with van der Waals surface area (Å²) in [5.74, 6) is 1.29. The van der Waals surface area contributed by atoms with Crippen LogP contribution in [-0.4, -0.2) is 30.8 Å². The standard InChI is InChI=1S/C15H21ClN2O2/c1-15(2)19-13-6-10(5-11(16)14(13)20-15)12-4-9(7-17)8-18(12)3/h5-6,9,12H,4,7-8,17H2,1-3H3. The lowest BCUT2D eigenvalue weighted by Crippen LogP contribution is -2.29. The molecule has 3 rings (SSSR count). The predicted molar refractivity (Wildman–Crippen MR) is 79.3 cm³/mol. The molecule has 110 valence electrons. The first-order valence-electron chi connectivity index (χ1n) is 7.01. The maximum atomic E-state index is 6.35. The molecule has 0 saturated carbocycles. The Kier molecular flexibility index (Phi) is 3.35.